The van der Waals surface area contributed by atoms with Crippen molar-refractivity contribution in [1.29, 1.82) is 0 Å². The van der Waals surface area contributed by atoms with E-state index in [-0.39, 0.29) is 17.2 Å². The molecule has 2 aromatic rings. The first-order valence-electron chi connectivity index (χ1n) is 8.89. The maximum atomic E-state index is 12.7. The van der Waals surface area contributed by atoms with E-state index >= 15 is 0 Å². The third kappa shape index (κ3) is 2.94. The average molecular weight is 350 g/mol. The molecule has 2 amide bonds. The van der Waals surface area contributed by atoms with E-state index in [2.05, 4.69) is 0 Å². The highest BCUT2D eigenvalue weighted by Gasteiger charge is 2.48. The summed E-state index contributed by atoms with van der Waals surface area (Å²) < 4.78 is 5.27. The maximum Gasteiger partial charge on any atom is 0.253 e. The second-order valence-corrected chi connectivity index (χ2v) is 7.20. The minimum Gasteiger partial charge on any atom is -0.497 e. The molecule has 0 saturated carbocycles. The van der Waals surface area contributed by atoms with Crippen LogP contribution >= 0.6 is 0 Å². The Bertz CT molecular complexity index is 836. The molecule has 2 aliphatic heterocycles. The van der Waals surface area contributed by atoms with Crippen molar-refractivity contribution in [3.8, 4) is 5.75 Å². The van der Waals surface area contributed by atoms with E-state index < -0.39 is 0 Å². The summed E-state index contributed by atoms with van der Waals surface area (Å²) in [5, 5.41) is 0. The van der Waals surface area contributed by atoms with E-state index in [1.807, 2.05) is 64.4 Å². The van der Waals surface area contributed by atoms with E-state index in [1.165, 1.54) is 0 Å². The predicted molar refractivity (Wildman–Crippen MR) is 99.4 cm³/mol. The molecule has 2 aromatic carbocycles. The molecule has 0 N–H and O–H groups in total. The van der Waals surface area contributed by atoms with E-state index in [1.54, 1.807) is 7.11 Å². The van der Waals surface area contributed by atoms with Crippen molar-refractivity contribution in [3.63, 3.8) is 0 Å². The normalized spacial score (nSPS) is 22.3. The topological polar surface area (TPSA) is 49.9 Å². The number of amides is 2. The van der Waals surface area contributed by atoms with Gasteiger partial charge in [-0.3, -0.25) is 9.59 Å². The Morgan fingerprint density at radius 3 is 2.65 bits per heavy atom. The molecule has 4 rings (SSSR count). The second-order valence-electron chi connectivity index (χ2n) is 7.20. The monoisotopic (exact) mass is 350 g/mol. The Labute approximate surface area is 153 Å². The zero-order valence-corrected chi connectivity index (χ0v) is 14.9. The lowest BCUT2D eigenvalue weighted by atomic mass is 9.86. The zero-order valence-electron chi connectivity index (χ0n) is 14.9. The number of hydrogen-bond donors (Lipinski definition) is 0. The van der Waals surface area contributed by atoms with Crippen molar-refractivity contribution in [2.24, 2.45) is 5.41 Å². The molecule has 5 heteroatoms. The molecule has 134 valence electrons. The molecule has 1 unspecified atom stereocenters. The van der Waals surface area contributed by atoms with Crippen LogP contribution in [0.25, 0.3) is 0 Å². The van der Waals surface area contributed by atoms with Crippen LogP contribution in [0.15, 0.2) is 54.6 Å². The SMILES string of the molecule is COc1cccc(N2CC3(CCN(C(=O)c4ccccc4)C3)CC2=O)c1. The van der Waals surface area contributed by atoms with Gasteiger partial charge < -0.3 is 14.5 Å². The first-order valence-corrected chi connectivity index (χ1v) is 8.89. The highest BCUT2D eigenvalue weighted by Crippen LogP contribution is 2.42. The van der Waals surface area contributed by atoms with Gasteiger partial charge in [-0.1, -0.05) is 24.3 Å². The molecule has 0 radical (unpaired) electrons. The maximum absolute atomic E-state index is 12.7. The summed E-state index contributed by atoms with van der Waals surface area (Å²) in [5.41, 5.74) is 1.42. The standard InChI is InChI=1S/C21H22N2O3/c1-26-18-9-5-8-17(12-18)23-15-21(13-19(23)24)10-11-22(14-21)20(25)16-6-3-2-4-7-16/h2-9,12H,10-11,13-15H2,1H3. The lowest BCUT2D eigenvalue weighted by molar-refractivity contribution is -0.117. The number of benzene rings is 2. The summed E-state index contributed by atoms with van der Waals surface area (Å²) in [6, 6.07) is 16.9. The molecule has 1 atom stereocenters. The minimum atomic E-state index is -0.148. The number of methoxy groups -OCH3 is 1. The summed E-state index contributed by atoms with van der Waals surface area (Å²) in [6.45, 7) is 1.98. The van der Waals surface area contributed by atoms with Crippen LogP contribution in [0.2, 0.25) is 0 Å². The molecule has 2 saturated heterocycles. The third-order valence-corrected chi connectivity index (χ3v) is 5.43. The number of carbonyl (C=O) groups is 2. The first-order chi connectivity index (χ1) is 12.6. The Kier molecular flexibility index (Phi) is 4.15. The van der Waals surface area contributed by atoms with E-state index in [9.17, 15) is 9.59 Å². The molecular formula is C21H22N2O3. The summed E-state index contributed by atoms with van der Waals surface area (Å²) in [6.07, 6.45) is 1.35. The Balaban J connectivity index is 1.50. The molecule has 2 aliphatic rings. The van der Waals surface area contributed by atoms with Gasteiger partial charge in [0.25, 0.3) is 5.91 Å². The molecule has 2 heterocycles. The van der Waals surface area contributed by atoms with Gasteiger partial charge in [0.05, 0.1) is 7.11 Å². The number of ether oxygens (including phenoxy) is 1. The van der Waals surface area contributed by atoms with Crippen molar-refractivity contribution in [2.75, 3.05) is 31.6 Å². The summed E-state index contributed by atoms with van der Waals surface area (Å²) in [7, 11) is 1.62. The number of anilines is 1. The number of hydrogen-bond acceptors (Lipinski definition) is 3. The summed E-state index contributed by atoms with van der Waals surface area (Å²) in [5.74, 6) is 0.908. The second kappa shape index (κ2) is 6.48. The molecule has 5 nitrogen and oxygen atoms in total. The van der Waals surface area contributed by atoms with Crippen LogP contribution in [0.3, 0.4) is 0 Å². The fraction of sp³-hybridized carbons (Fsp3) is 0.333. The average Bonchev–Trinajstić information content (AvgIpc) is 3.24. The molecule has 1 spiro atoms. The van der Waals surface area contributed by atoms with Gasteiger partial charge in [-0.05, 0) is 30.7 Å². The number of carbonyl (C=O) groups excluding carboxylic acids is 2. The molecule has 0 bridgehead atoms. The van der Waals surface area contributed by atoms with Gasteiger partial charge >= 0.3 is 0 Å². The highest BCUT2D eigenvalue weighted by molar-refractivity contribution is 5.97. The molecule has 0 aliphatic carbocycles. The van der Waals surface area contributed by atoms with Gasteiger partial charge in [-0.25, -0.2) is 0 Å². The van der Waals surface area contributed by atoms with E-state index in [0.717, 1.165) is 17.9 Å². The van der Waals surface area contributed by atoms with Crippen LogP contribution in [0, 0.1) is 5.41 Å². The quantitative estimate of drug-likeness (QED) is 0.855. The lowest BCUT2D eigenvalue weighted by Crippen LogP contribution is -2.34. The van der Waals surface area contributed by atoms with Gasteiger partial charge in [-0.2, -0.15) is 0 Å². The van der Waals surface area contributed by atoms with Crippen LogP contribution in [0.4, 0.5) is 5.69 Å². The van der Waals surface area contributed by atoms with Gasteiger partial charge in [0.2, 0.25) is 5.91 Å². The fourth-order valence-corrected chi connectivity index (χ4v) is 4.05. The third-order valence-electron chi connectivity index (χ3n) is 5.43. The van der Waals surface area contributed by atoms with Crippen LogP contribution in [0.5, 0.6) is 5.75 Å². The van der Waals surface area contributed by atoms with Gasteiger partial charge in [-0.15, -0.1) is 0 Å². The molecule has 0 aromatic heterocycles. The van der Waals surface area contributed by atoms with Crippen molar-refractivity contribution < 1.29 is 14.3 Å². The number of rotatable bonds is 3. The van der Waals surface area contributed by atoms with Gasteiger partial charge in [0.1, 0.15) is 5.75 Å². The van der Waals surface area contributed by atoms with Crippen molar-refractivity contribution in [2.45, 2.75) is 12.8 Å². The summed E-state index contributed by atoms with van der Waals surface area (Å²) >= 11 is 0. The van der Waals surface area contributed by atoms with Crippen molar-refractivity contribution >= 4 is 17.5 Å². The zero-order chi connectivity index (χ0) is 18.1. The largest absolute Gasteiger partial charge is 0.497 e. The highest BCUT2D eigenvalue weighted by atomic mass is 16.5. The Morgan fingerprint density at radius 1 is 1.08 bits per heavy atom. The summed E-state index contributed by atoms with van der Waals surface area (Å²) in [4.78, 5) is 29.1. The van der Waals surface area contributed by atoms with Crippen LogP contribution in [-0.2, 0) is 4.79 Å². The Morgan fingerprint density at radius 2 is 1.88 bits per heavy atom. The molecule has 26 heavy (non-hydrogen) atoms. The predicted octanol–water partition coefficient (Wildman–Crippen LogP) is 2.96. The first kappa shape index (κ1) is 16.6. The van der Waals surface area contributed by atoms with Crippen molar-refractivity contribution in [1.82, 2.24) is 4.90 Å². The molecular weight excluding hydrogens is 328 g/mol. The Hall–Kier alpha value is -2.82. The molecule has 2 fully saturated rings. The van der Waals surface area contributed by atoms with Crippen molar-refractivity contribution in [3.05, 3.63) is 60.2 Å². The van der Waals surface area contributed by atoms with E-state index in [4.69, 9.17) is 4.74 Å². The smallest absolute Gasteiger partial charge is 0.253 e. The van der Waals surface area contributed by atoms with Crippen LogP contribution in [-0.4, -0.2) is 43.5 Å². The van der Waals surface area contributed by atoms with E-state index in [0.29, 0.717) is 31.6 Å². The number of nitrogens with zero attached hydrogens (tertiary/aromatic N) is 2. The van der Waals surface area contributed by atoms with Crippen LogP contribution in [0.1, 0.15) is 23.2 Å². The minimum absolute atomic E-state index is 0.0507. The fourth-order valence-electron chi connectivity index (χ4n) is 4.05. The van der Waals surface area contributed by atoms with Crippen LogP contribution < -0.4 is 9.64 Å². The lowest BCUT2D eigenvalue weighted by Gasteiger charge is -2.24. The van der Waals surface area contributed by atoms with Gasteiger partial charge in [0, 0.05) is 48.8 Å². The number of likely N-dealkylation sites (tertiary alicyclic amines) is 1. The van der Waals surface area contributed by atoms with Gasteiger partial charge in [0.15, 0.2) is 0 Å².